The van der Waals surface area contributed by atoms with Crippen molar-refractivity contribution >= 4 is 22.6 Å². The quantitative estimate of drug-likeness (QED) is 0.796. The number of methoxy groups -OCH3 is 1. The molecule has 0 unspecified atom stereocenters. The van der Waals surface area contributed by atoms with Gasteiger partial charge in [-0.15, -0.1) is 0 Å². The summed E-state index contributed by atoms with van der Waals surface area (Å²) in [5.74, 6) is 1.76. The third-order valence-electron chi connectivity index (χ3n) is 1.93. The first-order valence-corrected chi connectivity index (χ1v) is 6.06. The maximum absolute atomic E-state index is 9.04. The van der Waals surface area contributed by atoms with Crippen molar-refractivity contribution in [3.05, 3.63) is 21.3 Å². The number of benzene rings is 1. The summed E-state index contributed by atoms with van der Waals surface area (Å²) in [4.78, 5) is 0. The van der Waals surface area contributed by atoms with Crippen LogP contribution in [0.4, 0.5) is 0 Å². The van der Waals surface area contributed by atoms with Gasteiger partial charge < -0.3 is 9.47 Å². The maximum Gasteiger partial charge on any atom is 0.150 e. The minimum absolute atomic E-state index is 0.435. The summed E-state index contributed by atoms with van der Waals surface area (Å²) >= 11 is 2.15. The minimum atomic E-state index is 0.435. The van der Waals surface area contributed by atoms with Crippen molar-refractivity contribution in [1.29, 1.82) is 5.26 Å². The molecule has 0 aliphatic heterocycles. The largest absolute Gasteiger partial charge is 0.497 e. The standard InChI is InChI=1S/C12H14INO2/c1-8(2)7-16-12-9(6-14)4-10(15-3)5-11(12)13/h4-5,8H,7H2,1-3H3. The fourth-order valence-corrected chi connectivity index (χ4v) is 1.92. The predicted octanol–water partition coefficient (Wildman–Crippen LogP) is 3.21. The Hall–Kier alpha value is -0.960. The predicted molar refractivity (Wildman–Crippen MR) is 70.8 cm³/mol. The minimum Gasteiger partial charge on any atom is -0.497 e. The third kappa shape index (κ3) is 3.27. The van der Waals surface area contributed by atoms with Gasteiger partial charge in [0.15, 0.2) is 5.75 Å². The van der Waals surface area contributed by atoms with E-state index in [1.54, 1.807) is 13.2 Å². The molecule has 0 atom stereocenters. The van der Waals surface area contributed by atoms with Crippen LogP contribution in [-0.4, -0.2) is 13.7 Å². The molecule has 0 bridgehead atoms. The van der Waals surface area contributed by atoms with E-state index in [0.717, 1.165) is 3.57 Å². The lowest BCUT2D eigenvalue weighted by molar-refractivity contribution is 0.268. The highest BCUT2D eigenvalue weighted by molar-refractivity contribution is 14.1. The van der Waals surface area contributed by atoms with Crippen LogP contribution >= 0.6 is 22.6 Å². The molecule has 0 N–H and O–H groups in total. The van der Waals surface area contributed by atoms with E-state index in [9.17, 15) is 0 Å². The number of halogens is 1. The van der Waals surface area contributed by atoms with Crippen LogP contribution in [-0.2, 0) is 0 Å². The number of ether oxygens (including phenoxy) is 2. The van der Waals surface area contributed by atoms with E-state index in [0.29, 0.717) is 29.6 Å². The molecule has 0 aliphatic rings. The summed E-state index contributed by atoms with van der Waals surface area (Å²) in [6.07, 6.45) is 0. The Morgan fingerprint density at radius 3 is 2.62 bits per heavy atom. The van der Waals surface area contributed by atoms with Crippen LogP contribution < -0.4 is 9.47 Å². The highest BCUT2D eigenvalue weighted by Crippen LogP contribution is 2.30. The topological polar surface area (TPSA) is 42.2 Å². The normalized spacial score (nSPS) is 10.0. The first kappa shape index (κ1) is 13.1. The van der Waals surface area contributed by atoms with Gasteiger partial charge in [0.25, 0.3) is 0 Å². The van der Waals surface area contributed by atoms with Crippen LogP contribution in [0.5, 0.6) is 11.5 Å². The summed E-state index contributed by atoms with van der Waals surface area (Å²) < 4.78 is 11.6. The molecule has 0 fully saturated rings. The Morgan fingerprint density at radius 2 is 2.12 bits per heavy atom. The number of hydrogen-bond donors (Lipinski definition) is 0. The van der Waals surface area contributed by atoms with Gasteiger partial charge in [-0.25, -0.2) is 0 Å². The average Bonchev–Trinajstić information content (AvgIpc) is 2.26. The van der Waals surface area contributed by atoms with Crippen LogP contribution in [0.25, 0.3) is 0 Å². The van der Waals surface area contributed by atoms with E-state index in [1.807, 2.05) is 6.07 Å². The van der Waals surface area contributed by atoms with Crippen LogP contribution in [0.2, 0.25) is 0 Å². The van der Waals surface area contributed by atoms with Crippen LogP contribution in [0, 0.1) is 20.8 Å². The Bertz CT molecular complexity index is 410. The summed E-state index contributed by atoms with van der Waals surface area (Å²) in [6, 6.07) is 5.68. The number of nitriles is 1. The monoisotopic (exact) mass is 331 g/mol. The van der Waals surface area contributed by atoms with Crippen molar-refractivity contribution in [2.75, 3.05) is 13.7 Å². The number of nitrogens with zero attached hydrogens (tertiary/aromatic N) is 1. The van der Waals surface area contributed by atoms with Crippen molar-refractivity contribution < 1.29 is 9.47 Å². The molecule has 0 aliphatic carbocycles. The SMILES string of the molecule is COc1cc(I)c(OCC(C)C)c(C#N)c1. The molecule has 0 amide bonds. The highest BCUT2D eigenvalue weighted by atomic mass is 127. The Morgan fingerprint density at radius 1 is 1.44 bits per heavy atom. The zero-order valence-corrected chi connectivity index (χ0v) is 11.7. The van der Waals surface area contributed by atoms with E-state index >= 15 is 0 Å². The van der Waals surface area contributed by atoms with Gasteiger partial charge in [-0.3, -0.25) is 0 Å². The second-order valence-electron chi connectivity index (χ2n) is 3.80. The molecule has 3 nitrogen and oxygen atoms in total. The Balaban J connectivity index is 3.03. The van der Waals surface area contributed by atoms with Crippen molar-refractivity contribution in [3.8, 4) is 17.6 Å². The number of hydrogen-bond acceptors (Lipinski definition) is 3. The lowest BCUT2D eigenvalue weighted by atomic mass is 10.2. The smallest absolute Gasteiger partial charge is 0.150 e. The molecule has 0 saturated carbocycles. The molecule has 1 rings (SSSR count). The zero-order chi connectivity index (χ0) is 12.1. The molecule has 4 heteroatoms. The van der Waals surface area contributed by atoms with Gasteiger partial charge in [0, 0.05) is 6.07 Å². The van der Waals surface area contributed by atoms with E-state index in [-0.39, 0.29) is 0 Å². The molecular weight excluding hydrogens is 317 g/mol. The van der Waals surface area contributed by atoms with Crippen LogP contribution in [0.1, 0.15) is 19.4 Å². The van der Waals surface area contributed by atoms with Crippen LogP contribution in [0.15, 0.2) is 12.1 Å². The zero-order valence-electron chi connectivity index (χ0n) is 9.58. The summed E-state index contributed by atoms with van der Waals surface area (Å²) in [5.41, 5.74) is 0.518. The average molecular weight is 331 g/mol. The highest BCUT2D eigenvalue weighted by Gasteiger charge is 2.11. The van der Waals surface area contributed by atoms with Crippen LogP contribution in [0.3, 0.4) is 0 Å². The summed E-state index contributed by atoms with van der Waals surface area (Å²) in [5, 5.41) is 9.04. The van der Waals surface area contributed by atoms with Gasteiger partial charge in [-0.05, 0) is 34.6 Å². The van der Waals surface area contributed by atoms with Gasteiger partial charge in [0.2, 0.25) is 0 Å². The van der Waals surface area contributed by atoms with E-state index < -0.39 is 0 Å². The first-order chi connectivity index (χ1) is 7.58. The van der Waals surface area contributed by atoms with Crippen molar-refractivity contribution in [1.82, 2.24) is 0 Å². The molecule has 16 heavy (non-hydrogen) atoms. The molecule has 0 radical (unpaired) electrons. The van der Waals surface area contributed by atoms with Crippen molar-refractivity contribution in [3.63, 3.8) is 0 Å². The fourth-order valence-electron chi connectivity index (χ4n) is 1.17. The molecule has 1 aromatic carbocycles. The molecular formula is C12H14INO2. The van der Waals surface area contributed by atoms with Gasteiger partial charge >= 0.3 is 0 Å². The second kappa shape index (κ2) is 5.94. The molecule has 0 spiro atoms. The third-order valence-corrected chi connectivity index (χ3v) is 2.74. The Labute approximate surface area is 110 Å². The Kier molecular flexibility index (Phi) is 4.87. The molecule has 0 heterocycles. The lowest BCUT2D eigenvalue weighted by Crippen LogP contribution is -2.07. The van der Waals surface area contributed by atoms with Gasteiger partial charge in [0.1, 0.15) is 11.8 Å². The molecule has 0 saturated heterocycles. The van der Waals surface area contributed by atoms with E-state index in [4.69, 9.17) is 14.7 Å². The van der Waals surface area contributed by atoms with Gasteiger partial charge in [0.05, 0.1) is 22.9 Å². The molecule has 86 valence electrons. The van der Waals surface area contributed by atoms with Crippen molar-refractivity contribution in [2.24, 2.45) is 5.92 Å². The maximum atomic E-state index is 9.04. The van der Waals surface area contributed by atoms with Gasteiger partial charge in [-0.1, -0.05) is 13.8 Å². The summed E-state index contributed by atoms with van der Waals surface area (Å²) in [7, 11) is 1.58. The number of rotatable bonds is 4. The fraction of sp³-hybridized carbons (Fsp3) is 0.417. The first-order valence-electron chi connectivity index (χ1n) is 4.99. The summed E-state index contributed by atoms with van der Waals surface area (Å²) in [6.45, 7) is 4.75. The van der Waals surface area contributed by atoms with E-state index in [1.165, 1.54) is 0 Å². The lowest BCUT2D eigenvalue weighted by Gasteiger charge is -2.13. The van der Waals surface area contributed by atoms with E-state index in [2.05, 4.69) is 42.5 Å². The van der Waals surface area contributed by atoms with Crippen molar-refractivity contribution in [2.45, 2.75) is 13.8 Å². The molecule has 0 aromatic heterocycles. The van der Waals surface area contributed by atoms with Gasteiger partial charge in [-0.2, -0.15) is 5.26 Å². The second-order valence-corrected chi connectivity index (χ2v) is 4.96. The molecule has 1 aromatic rings.